The number of imidazole rings is 1. The number of H-pyrrole nitrogens is 1. The SMILES string of the molecule is CN(Cc1ncc[nH]1)C(=O)NCC[C@H](O)C(=O)O. The predicted molar refractivity (Wildman–Crippen MR) is 61.7 cm³/mol. The minimum atomic E-state index is -1.46. The molecule has 4 N–H and O–H groups in total. The van der Waals surface area contributed by atoms with E-state index in [-0.39, 0.29) is 19.0 Å². The standard InChI is InChI=1S/C10H16N4O4/c1-14(6-8-11-4-5-12-8)10(18)13-3-2-7(15)9(16)17/h4-5,7,15H,2-3,6H2,1H3,(H,11,12)(H,13,18)(H,16,17)/t7-/m0/s1. The number of aromatic nitrogens is 2. The number of carbonyl (C=O) groups is 2. The molecule has 1 heterocycles. The van der Waals surface area contributed by atoms with Crippen molar-refractivity contribution in [2.75, 3.05) is 13.6 Å². The molecular weight excluding hydrogens is 240 g/mol. The molecule has 0 saturated heterocycles. The van der Waals surface area contributed by atoms with Crippen molar-refractivity contribution in [3.63, 3.8) is 0 Å². The highest BCUT2D eigenvalue weighted by Crippen LogP contribution is 1.96. The number of rotatable bonds is 6. The lowest BCUT2D eigenvalue weighted by atomic mass is 10.2. The van der Waals surface area contributed by atoms with Gasteiger partial charge in [-0.15, -0.1) is 0 Å². The van der Waals surface area contributed by atoms with Gasteiger partial charge in [-0.2, -0.15) is 0 Å². The number of carboxylic acids is 1. The summed E-state index contributed by atoms with van der Waals surface area (Å²) in [5.74, 6) is -0.647. The zero-order valence-electron chi connectivity index (χ0n) is 9.96. The molecule has 0 aromatic carbocycles. The highest BCUT2D eigenvalue weighted by Gasteiger charge is 2.14. The molecule has 0 aliphatic heterocycles. The highest BCUT2D eigenvalue weighted by atomic mass is 16.4. The van der Waals surface area contributed by atoms with E-state index in [0.29, 0.717) is 12.4 Å². The Morgan fingerprint density at radius 3 is 2.89 bits per heavy atom. The van der Waals surface area contributed by atoms with Gasteiger partial charge in [-0.3, -0.25) is 0 Å². The minimum Gasteiger partial charge on any atom is -0.479 e. The van der Waals surface area contributed by atoms with Crippen molar-refractivity contribution in [2.45, 2.75) is 19.1 Å². The van der Waals surface area contributed by atoms with Gasteiger partial charge < -0.3 is 25.4 Å². The lowest BCUT2D eigenvalue weighted by Crippen LogP contribution is -2.38. The molecule has 0 unspecified atom stereocenters. The molecule has 1 rings (SSSR count). The van der Waals surface area contributed by atoms with Crippen molar-refractivity contribution in [3.8, 4) is 0 Å². The van der Waals surface area contributed by atoms with Crippen molar-refractivity contribution in [1.29, 1.82) is 0 Å². The topological polar surface area (TPSA) is 119 Å². The van der Waals surface area contributed by atoms with Gasteiger partial charge in [0.2, 0.25) is 0 Å². The molecule has 0 bridgehead atoms. The average Bonchev–Trinajstić information content (AvgIpc) is 2.81. The number of hydrogen-bond acceptors (Lipinski definition) is 4. The number of carbonyl (C=O) groups excluding carboxylic acids is 1. The van der Waals surface area contributed by atoms with Crippen molar-refractivity contribution in [3.05, 3.63) is 18.2 Å². The molecular formula is C10H16N4O4. The normalized spacial score (nSPS) is 11.9. The summed E-state index contributed by atoms with van der Waals surface area (Å²) >= 11 is 0. The van der Waals surface area contributed by atoms with Crippen LogP contribution in [0.3, 0.4) is 0 Å². The van der Waals surface area contributed by atoms with E-state index in [2.05, 4.69) is 15.3 Å². The summed E-state index contributed by atoms with van der Waals surface area (Å²) in [5.41, 5.74) is 0. The van der Waals surface area contributed by atoms with E-state index in [9.17, 15) is 9.59 Å². The number of nitrogens with one attached hydrogen (secondary N) is 2. The van der Waals surface area contributed by atoms with Gasteiger partial charge in [-0.25, -0.2) is 14.6 Å². The van der Waals surface area contributed by atoms with E-state index < -0.39 is 12.1 Å². The molecule has 1 aromatic rings. The van der Waals surface area contributed by atoms with Crippen LogP contribution in [0, 0.1) is 0 Å². The molecule has 8 nitrogen and oxygen atoms in total. The molecule has 0 radical (unpaired) electrons. The van der Waals surface area contributed by atoms with E-state index in [1.54, 1.807) is 19.4 Å². The smallest absolute Gasteiger partial charge is 0.332 e. The van der Waals surface area contributed by atoms with Gasteiger partial charge in [-0.1, -0.05) is 0 Å². The Morgan fingerprint density at radius 2 is 2.33 bits per heavy atom. The summed E-state index contributed by atoms with van der Waals surface area (Å²) in [6, 6.07) is -0.357. The molecule has 2 amide bonds. The fourth-order valence-corrected chi connectivity index (χ4v) is 1.26. The maximum Gasteiger partial charge on any atom is 0.332 e. The summed E-state index contributed by atoms with van der Waals surface area (Å²) in [6.45, 7) is 0.412. The molecule has 1 atom stereocenters. The van der Waals surface area contributed by atoms with Crippen molar-refractivity contribution in [1.82, 2.24) is 20.2 Å². The van der Waals surface area contributed by atoms with E-state index >= 15 is 0 Å². The highest BCUT2D eigenvalue weighted by molar-refractivity contribution is 5.74. The van der Waals surface area contributed by atoms with Crippen molar-refractivity contribution >= 4 is 12.0 Å². The maximum absolute atomic E-state index is 11.6. The van der Waals surface area contributed by atoms with Crippen LogP contribution in [-0.4, -0.2) is 56.8 Å². The Morgan fingerprint density at radius 1 is 1.61 bits per heavy atom. The van der Waals surface area contributed by atoms with E-state index in [1.807, 2.05) is 0 Å². The van der Waals surface area contributed by atoms with Gasteiger partial charge in [-0.05, 0) is 0 Å². The summed E-state index contributed by atoms with van der Waals surface area (Å²) in [5, 5.41) is 20.0. The Bertz CT molecular complexity index is 393. The molecule has 18 heavy (non-hydrogen) atoms. The second-order valence-corrected chi connectivity index (χ2v) is 3.77. The van der Waals surface area contributed by atoms with Gasteiger partial charge in [0.25, 0.3) is 0 Å². The maximum atomic E-state index is 11.6. The Kier molecular flexibility index (Phi) is 5.12. The summed E-state index contributed by atoms with van der Waals surface area (Å²) in [4.78, 5) is 30.1. The van der Waals surface area contributed by atoms with Gasteiger partial charge >= 0.3 is 12.0 Å². The van der Waals surface area contributed by atoms with E-state index in [4.69, 9.17) is 10.2 Å². The number of aromatic amines is 1. The number of urea groups is 1. The van der Waals surface area contributed by atoms with Crippen LogP contribution in [0.4, 0.5) is 4.79 Å². The predicted octanol–water partition coefficient (Wildman–Crippen LogP) is -0.613. The minimum absolute atomic E-state index is 0.0321. The molecule has 0 aliphatic rings. The number of aliphatic hydroxyl groups excluding tert-OH is 1. The number of nitrogens with zero attached hydrogens (tertiary/aromatic N) is 2. The fraction of sp³-hybridized carbons (Fsp3) is 0.500. The summed E-state index contributed by atoms with van der Waals surface area (Å²) < 4.78 is 0. The van der Waals surface area contributed by atoms with Crippen LogP contribution >= 0.6 is 0 Å². The summed E-state index contributed by atoms with van der Waals surface area (Å²) in [6.07, 6.45) is 1.75. The van der Waals surface area contributed by atoms with Crippen molar-refractivity contribution in [2.24, 2.45) is 0 Å². The first kappa shape index (κ1) is 14.0. The number of hydrogen-bond donors (Lipinski definition) is 4. The van der Waals surface area contributed by atoms with Crippen LogP contribution in [0.2, 0.25) is 0 Å². The molecule has 1 aromatic heterocycles. The average molecular weight is 256 g/mol. The van der Waals surface area contributed by atoms with E-state index in [1.165, 1.54) is 4.90 Å². The Balaban J connectivity index is 2.26. The second-order valence-electron chi connectivity index (χ2n) is 3.77. The lowest BCUT2D eigenvalue weighted by molar-refractivity contribution is -0.146. The van der Waals surface area contributed by atoms with Crippen LogP contribution in [0.5, 0.6) is 0 Å². The molecule has 0 aliphatic carbocycles. The van der Waals surface area contributed by atoms with Crippen LogP contribution < -0.4 is 5.32 Å². The van der Waals surface area contributed by atoms with Gasteiger partial charge in [0.15, 0.2) is 6.10 Å². The number of aliphatic carboxylic acids is 1. The first-order chi connectivity index (χ1) is 8.50. The molecule has 0 spiro atoms. The summed E-state index contributed by atoms with van der Waals surface area (Å²) in [7, 11) is 1.59. The van der Waals surface area contributed by atoms with E-state index in [0.717, 1.165) is 0 Å². The largest absolute Gasteiger partial charge is 0.479 e. The molecule has 8 heteroatoms. The van der Waals surface area contributed by atoms with Gasteiger partial charge in [0.05, 0.1) is 6.54 Å². The third-order valence-corrected chi connectivity index (χ3v) is 2.27. The zero-order chi connectivity index (χ0) is 13.5. The van der Waals surface area contributed by atoms with Crippen LogP contribution in [-0.2, 0) is 11.3 Å². The molecule has 0 fully saturated rings. The Hall–Kier alpha value is -2.09. The molecule has 100 valence electrons. The molecule has 0 saturated carbocycles. The quantitative estimate of drug-likeness (QED) is 0.541. The number of carboxylic acid groups (broad SMARTS) is 1. The van der Waals surface area contributed by atoms with Crippen LogP contribution in [0.25, 0.3) is 0 Å². The zero-order valence-corrected chi connectivity index (χ0v) is 9.96. The second kappa shape index (κ2) is 6.60. The van der Waals surface area contributed by atoms with Gasteiger partial charge in [0, 0.05) is 32.4 Å². The number of aliphatic hydroxyl groups is 1. The monoisotopic (exact) mass is 256 g/mol. The lowest BCUT2D eigenvalue weighted by Gasteiger charge is -2.17. The fourth-order valence-electron chi connectivity index (χ4n) is 1.26. The van der Waals surface area contributed by atoms with Crippen LogP contribution in [0.1, 0.15) is 12.2 Å². The van der Waals surface area contributed by atoms with Gasteiger partial charge in [0.1, 0.15) is 5.82 Å². The third kappa shape index (κ3) is 4.42. The van der Waals surface area contributed by atoms with Crippen molar-refractivity contribution < 1.29 is 19.8 Å². The first-order valence-corrected chi connectivity index (χ1v) is 5.38. The third-order valence-electron chi connectivity index (χ3n) is 2.27. The first-order valence-electron chi connectivity index (χ1n) is 5.38. The number of amides is 2. The van der Waals surface area contributed by atoms with Crippen LogP contribution in [0.15, 0.2) is 12.4 Å². The Labute approximate surface area is 104 Å².